The molecule has 0 radical (unpaired) electrons. The molecule has 0 aliphatic carbocycles. The van der Waals surface area contributed by atoms with Gasteiger partial charge in [0.25, 0.3) is 0 Å². The molecule has 18 heavy (non-hydrogen) atoms. The van der Waals surface area contributed by atoms with Gasteiger partial charge in [0.2, 0.25) is 11.8 Å². The second-order valence-corrected chi connectivity index (χ2v) is 3.62. The fourth-order valence-electron chi connectivity index (χ4n) is 1.30. The molecule has 0 unspecified atom stereocenters. The van der Waals surface area contributed by atoms with Crippen molar-refractivity contribution in [1.29, 1.82) is 0 Å². The van der Waals surface area contributed by atoms with E-state index < -0.39 is 0 Å². The van der Waals surface area contributed by atoms with Crippen molar-refractivity contribution in [3.8, 4) is 0 Å². The monoisotopic (exact) mass is 251 g/mol. The second-order valence-electron chi connectivity index (χ2n) is 3.62. The van der Waals surface area contributed by atoms with E-state index in [1.54, 1.807) is 13.1 Å². The molecule has 0 aromatic carbocycles. The zero-order chi connectivity index (χ0) is 13.0. The van der Waals surface area contributed by atoms with Crippen molar-refractivity contribution in [2.45, 2.75) is 26.6 Å². The molecule has 2 rings (SSSR count). The highest BCUT2D eigenvalue weighted by Gasteiger charge is 2.07. The van der Waals surface area contributed by atoms with E-state index >= 15 is 0 Å². The first-order valence-electron chi connectivity index (χ1n) is 5.32. The van der Waals surface area contributed by atoms with E-state index in [1.165, 1.54) is 4.68 Å². The molecular formula is C9H13N7O2. The highest BCUT2D eigenvalue weighted by atomic mass is 16.5. The number of carbonyl (C=O) groups excluding carboxylic acids is 1. The highest BCUT2D eigenvalue weighted by Crippen LogP contribution is 1.94. The summed E-state index contributed by atoms with van der Waals surface area (Å²) in [6.07, 6.45) is 1.62. The van der Waals surface area contributed by atoms with Crippen LogP contribution in [-0.4, -0.2) is 31.0 Å². The molecule has 0 aliphatic heterocycles. The molecule has 0 saturated carbocycles. The van der Waals surface area contributed by atoms with Crippen LogP contribution in [0.2, 0.25) is 0 Å². The van der Waals surface area contributed by atoms with Gasteiger partial charge in [0, 0.05) is 13.5 Å². The van der Waals surface area contributed by atoms with Crippen molar-refractivity contribution in [2.75, 3.05) is 0 Å². The van der Waals surface area contributed by atoms with E-state index in [2.05, 4.69) is 25.8 Å². The molecule has 3 N–H and O–H groups in total. The van der Waals surface area contributed by atoms with Crippen molar-refractivity contribution in [3.63, 3.8) is 0 Å². The van der Waals surface area contributed by atoms with Crippen molar-refractivity contribution in [2.24, 2.45) is 5.73 Å². The van der Waals surface area contributed by atoms with E-state index in [9.17, 15) is 4.79 Å². The van der Waals surface area contributed by atoms with Gasteiger partial charge in [-0.15, -0.1) is 5.10 Å². The van der Waals surface area contributed by atoms with E-state index in [1.807, 2.05) is 0 Å². The molecular weight excluding hydrogens is 238 g/mol. The first kappa shape index (κ1) is 12.2. The van der Waals surface area contributed by atoms with Crippen LogP contribution in [0.3, 0.4) is 0 Å². The molecule has 0 atom stereocenters. The number of nitrogens with two attached hydrogens (primary N) is 1. The average Bonchev–Trinajstić information content (AvgIpc) is 2.95. The standard InChI is InChI=1S/C9H13N7O2/c1-6-12-8(14-18-6)3-11-9(17)5-16-4-7(2-10)13-15-16/h4H,2-3,5,10H2,1H3,(H,11,17). The fourth-order valence-corrected chi connectivity index (χ4v) is 1.30. The Hall–Kier alpha value is -2.29. The SMILES string of the molecule is Cc1nc(CNC(=O)Cn2cc(CN)nn2)no1. The molecule has 2 aromatic rings. The lowest BCUT2D eigenvalue weighted by Gasteiger charge is -2.01. The molecule has 9 heteroatoms. The maximum absolute atomic E-state index is 11.6. The number of nitrogens with zero attached hydrogens (tertiary/aromatic N) is 5. The summed E-state index contributed by atoms with van der Waals surface area (Å²) in [4.78, 5) is 15.5. The van der Waals surface area contributed by atoms with Crippen LogP contribution < -0.4 is 11.1 Å². The number of aryl methyl sites for hydroxylation is 1. The minimum Gasteiger partial charge on any atom is -0.347 e. The molecule has 1 amide bonds. The minimum absolute atomic E-state index is 0.0732. The van der Waals surface area contributed by atoms with Gasteiger partial charge < -0.3 is 15.6 Å². The number of hydrogen-bond donors (Lipinski definition) is 2. The summed E-state index contributed by atoms with van der Waals surface area (Å²) < 4.78 is 6.19. The summed E-state index contributed by atoms with van der Waals surface area (Å²) in [5, 5.41) is 13.8. The highest BCUT2D eigenvalue weighted by molar-refractivity contribution is 5.75. The van der Waals surface area contributed by atoms with Crippen LogP contribution >= 0.6 is 0 Å². The number of rotatable bonds is 5. The Bertz CT molecular complexity index is 533. The Labute approximate surface area is 102 Å². The van der Waals surface area contributed by atoms with Crippen molar-refractivity contribution < 1.29 is 9.32 Å². The Morgan fingerprint density at radius 1 is 1.61 bits per heavy atom. The Morgan fingerprint density at radius 2 is 2.44 bits per heavy atom. The maximum Gasteiger partial charge on any atom is 0.242 e. The largest absolute Gasteiger partial charge is 0.347 e. The first-order chi connectivity index (χ1) is 8.67. The smallest absolute Gasteiger partial charge is 0.242 e. The van der Waals surface area contributed by atoms with Gasteiger partial charge in [-0.2, -0.15) is 4.98 Å². The van der Waals surface area contributed by atoms with Crippen molar-refractivity contribution >= 4 is 5.91 Å². The number of carbonyl (C=O) groups is 1. The van der Waals surface area contributed by atoms with Crippen LogP contribution in [-0.2, 0) is 24.4 Å². The van der Waals surface area contributed by atoms with Gasteiger partial charge in [-0.05, 0) is 0 Å². The van der Waals surface area contributed by atoms with Crippen LogP contribution in [0.5, 0.6) is 0 Å². The topological polar surface area (TPSA) is 125 Å². The fraction of sp³-hybridized carbons (Fsp3) is 0.444. The Morgan fingerprint density at radius 3 is 3.06 bits per heavy atom. The summed E-state index contributed by atoms with van der Waals surface area (Å²) in [6.45, 7) is 2.27. The summed E-state index contributed by atoms with van der Waals surface area (Å²) >= 11 is 0. The van der Waals surface area contributed by atoms with Crippen molar-refractivity contribution in [3.05, 3.63) is 23.6 Å². The predicted octanol–water partition coefficient (Wildman–Crippen LogP) is -1.26. The normalized spacial score (nSPS) is 10.6. The van der Waals surface area contributed by atoms with Crippen LogP contribution in [0.4, 0.5) is 0 Å². The lowest BCUT2D eigenvalue weighted by atomic mass is 10.5. The molecule has 96 valence electrons. The average molecular weight is 251 g/mol. The molecule has 0 bridgehead atoms. The van der Waals surface area contributed by atoms with Crippen LogP contribution in [0, 0.1) is 6.92 Å². The number of nitrogens with one attached hydrogen (secondary N) is 1. The lowest BCUT2D eigenvalue weighted by molar-refractivity contribution is -0.122. The molecule has 0 aliphatic rings. The van der Waals surface area contributed by atoms with Crippen LogP contribution in [0.15, 0.2) is 10.7 Å². The van der Waals surface area contributed by atoms with E-state index in [0.29, 0.717) is 24.0 Å². The molecule has 2 heterocycles. The van der Waals surface area contributed by atoms with Gasteiger partial charge in [-0.3, -0.25) is 4.79 Å². The third kappa shape index (κ3) is 3.10. The molecule has 0 fully saturated rings. The first-order valence-corrected chi connectivity index (χ1v) is 5.32. The van der Waals surface area contributed by atoms with E-state index in [0.717, 1.165) is 0 Å². The lowest BCUT2D eigenvalue weighted by Crippen LogP contribution is -2.27. The third-order valence-electron chi connectivity index (χ3n) is 2.11. The Kier molecular flexibility index (Phi) is 3.63. The molecule has 0 spiro atoms. The molecule has 2 aromatic heterocycles. The van der Waals surface area contributed by atoms with Crippen LogP contribution in [0.1, 0.15) is 17.4 Å². The zero-order valence-electron chi connectivity index (χ0n) is 9.83. The number of amides is 1. The molecule has 9 nitrogen and oxygen atoms in total. The van der Waals surface area contributed by atoms with Gasteiger partial charge in [0.1, 0.15) is 6.54 Å². The summed E-state index contributed by atoms with van der Waals surface area (Å²) in [6, 6.07) is 0. The van der Waals surface area contributed by atoms with Gasteiger partial charge in [-0.25, -0.2) is 4.68 Å². The summed E-state index contributed by atoms with van der Waals surface area (Å²) in [7, 11) is 0. The van der Waals surface area contributed by atoms with Crippen molar-refractivity contribution in [1.82, 2.24) is 30.5 Å². The zero-order valence-corrected chi connectivity index (χ0v) is 9.83. The maximum atomic E-state index is 11.6. The molecule has 0 saturated heterocycles. The van der Waals surface area contributed by atoms with E-state index in [4.69, 9.17) is 10.3 Å². The second kappa shape index (κ2) is 5.36. The van der Waals surface area contributed by atoms with Gasteiger partial charge in [-0.1, -0.05) is 10.4 Å². The quantitative estimate of drug-likeness (QED) is 0.679. The Balaban J connectivity index is 1.81. The van der Waals surface area contributed by atoms with Gasteiger partial charge in [0.05, 0.1) is 18.4 Å². The number of aromatic nitrogens is 5. The van der Waals surface area contributed by atoms with Crippen LogP contribution in [0.25, 0.3) is 0 Å². The summed E-state index contributed by atoms with van der Waals surface area (Å²) in [5.74, 6) is 0.677. The number of hydrogen-bond acceptors (Lipinski definition) is 7. The predicted molar refractivity (Wildman–Crippen MR) is 58.8 cm³/mol. The van der Waals surface area contributed by atoms with Gasteiger partial charge in [0.15, 0.2) is 5.82 Å². The van der Waals surface area contributed by atoms with E-state index in [-0.39, 0.29) is 19.0 Å². The van der Waals surface area contributed by atoms with Gasteiger partial charge >= 0.3 is 0 Å². The summed E-state index contributed by atoms with van der Waals surface area (Å²) in [5.41, 5.74) is 6.02. The minimum atomic E-state index is -0.217. The third-order valence-corrected chi connectivity index (χ3v) is 2.11.